The number of amides is 1. The van der Waals surface area contributed by atoms with E-state index in [0.29, 0.717) is 18.7 Å². The number of aryl methyl sites for hydroxylation is 1. The fourth-order valence-corrected chi connectivity index (χ4v) is 5.04. The van der Waals surface area contributed by atoms with Crippen molar-refractivity contribution < 1.29 is 18.0 Å². The lowest BCUT2D eigenvalue weighted by Crippen LogP contribution is -2.32. The van der Waals surface area contributed by atoms with Crippen LogP contribution in [0.5, 0.6) is 0 Å². The van der Waals surface area contributed by atoms with Crippen LogP contribution in [0.2, 0.25) is 0 Å². The number of hydrogen-bond acceptors (Lipinski definition) is 3. The number of nitrogens with one attached hydrogen (secondary N) is 1. The van der Waals surface area contributed by atoms with Crippen molar-refractivity contribution in [3.63, 3.8) is 0 Å². The zero-order valence-corrected chi connectivity index (χ0v) is 20.6. The molecule has 0 radical (unpaired) electrons. The van der Waals surface area contributed by atoms with Gasteiger partial charge in [-0.15, -0.1) is 0 Å². The highest BCUT2D eigenvalue weighted by Crippen LogP contribution is 2.34. The Morgan fingerprint density at radius 1 is 1.00 bits per heavy atom. The molecule has 8 heteroatoms. The highest BCUT2D eigenvalue weighted by Gasteiger charge is 2.30. The summed E-state index contributed by atoms with van der Waals surface area (Å²) in [5, 5.41) is 3.02. The van der Waals surface area contributed by atoms with Gasteiger partial charge in [0.15, 0.2) is 0 Å². The second-order valence-electron chi connectivity index (χ2n) is 9.42. The van der Waals surface area contributed by atoms with Crippen molar-refractivity contribution >= 4 is 17.2 Å². The molecule has 0 saturated carbocycles. The maximum Gasteiger partial charge on any atom is 0.416 e. The lowest BCUT2D eigenvalue weighted by atomic mass is 9.88. The Hall–Kier alpha value is -3.81. The number of anilines is 1. The smallest absolute Gasteiger partial charge is 0.371 e. The van der Waals surface area contributed by atoms with E-state index in [2.05, 4.69) is 27.3 Å². The third kappa shape index (κ3) is 5.33. The van der Waals surface area contributed by atoms with Crippen LogP contribution in [0, 0.1) is 0 Å². The number of pyridine rings is 1. The molecule has 0 unspecified atom stereocenters. The van der Waals surface area contributed by atoms with E-state index in [1.54, 1.807) is 12.1 Å². The summed E-state index contributed by atoms with van der Waals surface area (Å²) in [5.74, 6) is 0.116. The Balaban J connectivity index is 1.17. The molecule has 192 valence electrons. The molecule has 1 N–H and O–H groups in total. The van der Waals surface area contributed by atoms with E-state index in [1.165, 1.54) is 12.1 Å². The van der Waals surface area contributed by atoms with E-state index in [1.807, 2.05) is 47.9 Å². The van der Waals surface area contributed by atoms with Gasteiger partial charge in [0.05, 0.1) is 11.3 Å². The van der Waals surface area contributed by atoms with Crippen LogP contribution in [0.3, 0.4) is 0 Å². The molecule has 5 nitrogen and oxygen atoms in total. The van der Waals surface area contributed by atoms with Gasteiger partial charge in [-0.2, -0.15) is 13.2 Å². The average molecular weight is 507 g/mol. The third-order valence-electron chi connectivity index (χ3n) is 7.11. The molecule has 4 aromatic rings. The van der Waals surface area contributed by atoms with Crippen LogP contribution in [-0.4, -0.2) is 28.4 Å². The SMILES string of the molecule is CCc1nc2ccccn2c1C(=O)NCc1ccc(N2CCC(c3ccc(C(F)(F)F)cc3)CC2)cc1. The fraction of sp³-hybridized carbons (Fsp3) is 0.310. The van der Waals surface area contributed by atoms with Gasteiger partial charge in [-0.3, -0.25) is 9.20 Å². The predicted octanol–water partition coefficient (Wildman–Crippen LogP) is 6.23. The van der Waals surface area contributed by atoms with Gasteiger partial charge < -0.3 is 10.2 Å². The van der Waals surface area contributed by atoms with Gasteiger partial charge in [0.1, 0.15) is 11.3 Å². The van der Waals surface area contributed by atoms with Crippen molar-refractivity contribution in [2.75, 3.05) is 18.0 Å². The molecule has 37 heavy (non-hydrogen) atoms. The minimum Gasteiger partial charge on any atom is -0.371 e. The monoisotopic (exact) mass is 506 g/mol. The van der Waals surface area contributed by atoms with Crippen LogP contribution in [-0.2, 0) is 19.1 Å². The van der Waals surface area contributed by atoms with Crippen LogP contribution in [0.4, 0.5) is 18.9 Å². The van der Waals surface area contributed by atoms with Gasteiger partial charge in [-0.25, -0.2) is 4.98 Å². The summed E-state index contributed by atoms with van der Waals surface area (Å²) in [7, 11) is 0. The standard InChI is InChI=1S/C29H29F3N4O/c1-2-25-27(36-16-4-3-5-26(36)34-25)28(37)33-19-20-6-12-24(13-7-20)35-17-14-22(15-18-35)21-8-10-23(11-9-21)29(30,31)32/h3-13,16,22H,2,14-15,17-19H2,1H3,(H,33,37). The van der Waals surface area contributed by atoms with E-state index >= 15 is 0 Å². The van der Waals surface area contributed by atoms with Crippen LogP contribution < -0.4 is 10.2 Å². The minimum absolute atomic E-state index is 0.148. The van der Waals surface area contributed by atoms with Crippen molar-refractivity contribution in [2.24, 2.45) is 0 Å². The molecule has 0 aliphatic carbocycles. The summed E-state index contributed by atoms with van der Waals surface area (Å²) in [5.41, 5.74) is 4.59. The second-order valence-corrected chi connectivity index (χ2v) is 9.42. The zero-order chi connectivity index (χ0) is 26.0. The van der Waals surface area contributed by atoms with Crippen molar-refractivity contribution in [1.29, 1.82) is 0 Å². The van der Waals surface area contributed by atoms with Gasteiger partial charge in [-0.1, -0.05) is 37.3 Å². The van der Waals surface area contributed by atoms with Crippen molar-refractivity contribution in [3.05, 3.63) is 101 Å². The first kappa shape index (κ1) is 24.9. The number of aromatic nitrogens is 2. The molecule has 3 heterocycles. The van der Waals surface area contributed by atoms with E-state index in [0.717, 1.165) is 54.1 Å². The van der Waals surface area contributed by atoms with Crippen LogP contribution in [0.1, 0.15) is 58.6 Å². The molecule has 2 aromatic carbocycles. The molecule has 1 aliphatic rings. The fourth-order valence-electron chi connectivity index (χ4n) is 5.04. The molecular formula is C29H29F3N4O. The number of halogens is 3. The summed E-state index contributed by atoms with van der Waals surface area (Å²) in [6.07, 6.45) is 0.00835. The van der Waals surface area contributed by atoms with Gasteiger partial charge in [0.2, 0.25) is 0 Å². The van der Waals surface area contributed by atoms with Crippen molar-refractivity contribution in [2.45, 2.75) is 44.8 Å². The first-order valence-electron chi connectivity index (χ1n) is 12.6. The topological polar surface area (TPSA) is 49.6 Å². The number of nitrogens with zero attached hydrogens (tertiary/aromatic N) is 3. The van der Waals surface area contributed by atoms with Gasteiger partial charge >= 0.3 is 6.18 Å². The normalized spacial score (nSPS) is 14.8. The number of benzene rings is 2. The average Bonchev–Trinajstić information content (AvgIpc) is 3.31. The molecule has 1 fully saturated rings. The Bertz CT molecular complexity index is 1370. The molecule has 1 amide bonds. The summed E-state index contributed by atoms with van der Waals surface area (Å²) in [6.45, 7) is 4.09. The van der Waals surface area contributed by atoms with Crippen LogP contribution in [0.15, 0.2) is 72.9 Å². The summed E-state index contributed by atoms with van der Waals surface area (Å²) in [6, 6.07) is 19.4. The van der Waals surface area contributed by atoms with E-state index in [9.17, 15) is 18.0 Å². The zero-order valence-electron chi connectivity index (χ0n) is 20.6. The molecular weight excluding hydrogens is 477 g/mol. The number of carbonyl (C=O) groups excluding carboxylic acids is 1. The maximum absolute atomic E-state index is 13.0. The number of imidazole rings is 1. The number of fused-ring (bicyclic) bond motifs is 1. The Kier molecular flexibility index (Phi) is 6.91. The second kappa shape index (κ2) is 10.3. The number of hydrogen-bond donors (Lipinski definition) is 1. The van der Waals surface area contributed by atoms with Gasteiger partial charge in [-0.05, 0) is 72.7 Å². The summed E-state index contributed by atoms with van der Waals surface area (Å²) >= 11 is 0. The molecule has 0 atom stereocenters. The molecule has 1 saturated heterocycles. The molecule has 1 aliphatic heterocycles. The van der Waals surface area contributed by atoms with E-state index < -0.39 is 11.7 Å². The summed E-state index contributed by atoms with van der Waals surface area (Å²) in [4.78, 5) is 19.8. The lowest BCUT2D eigenvalue weighted by molar-refractivity contribution is -0.137. The molecule has 5 rings (SSSR count). The Morgan fingerprint density at radius 3 is 2.35 bits per heavy atom. The highest BCUT2D eigenvalue weighted by atomic mass is 19.4. The van der Waals surface area contributed by atoms with Gasteiger partial charge in [0.25, 0.3) is 5.91 Å². The lowest BCUT2D eigenvalue weighted by Gasteiger charge is -2.34. The predicted molar refractivity (Wildman–Crippen MR) is 138 cm³/mol. The Labute approximate surface area is 213 Å². The van der Waals surface area contributed by atoms with Gasteiger partial charge in [0, 0.05) is 31.5 Å². The minimum atomic E-state index is -4.30. The van der Waals surface area contributed by atoms with Crippen molar-refractivity contribution in [3.8, 4) is 0 Å². The van der Waals surface area contributed by atoms with Crippen LogP contribution >= 0.6 is 0 Å². The number of rotatable bonds is 6. The highest BCUT2D eigenvalue weighted by molar-refractivity contribution is 5.94. The number of alkyl halides is 3. The van der Waals surface area contributed by atoms with Crippen molar-refractivity contribution in [1.82, 2.24) is 14.7 Å². The third-order valence-corrected chi connectivity index (χ3v) is 7.11. The van der Waals surface area contributed by atoms with Crippen LogP contribution in [0.25, 0.3) is 5.65 Å². The Morgan fingerprint density at radius 2 is 1.70 bits per heavy atom. The maximum atomic E-state index is 13.0. The first-order chi connectivity index (χ1) is 17.8. The number of carbonyl (C=O) groups is 1. The summed E-state index contributed by atoms with van der Waals surface area (Å²) < 4.78 is 40.3. The largest absolute Gasteiger partial charge is 0.416 e. The quantitative estimate of drug-likeness (QED) is 0.337. The van der Waals surface area contributed by atoms with E-state index in [-0.39, 0.29) is 11.8 Å². The first-order valence-corrected chi connectivity index (χ1v) is 12.6. The molecule has 0 spiro atoms. The molecule has 0 bridgehead atoms. The number of piperidine rings is 1. The van der Waals surface area contributed by atoms with E-state index in [4.69, 9.17) is 0 Å². The molecule has 2 aromatic heterocycles.